The highest BCUT2D eigenvalue weighted by Crippen LogP contribution is 2.15. The zero-order chi connectivity index (χ0) is 19.7. The molecule has 0 radical (unpaired) electrons. The third-order valence-electron chi connectivity index (χ3n) is 4.13. The van der Waals surface area contributed by atoms with Gasteiger partial charge < -0.3 is 5.32 Å². The van der Waals surface area contributed by atoms with Gasteiger partial charge in [-0.05, 0) is 44.0 Å². The van der Waals surface area contributed by atoms with Crippen LogP contribution in [0.1, 0.15) is 31.2 Å². The fourth-order valence-electron chi connectivity index (χ4n) is 2.54. The number of aryl methyl sites for hydroxylation is 1. The largest absolute Gasteiger partial charge is 0.385 e. The van der Waals surface area contributed by atoms with Crippen LogP contribution in [-0.2, 0) is 10.0 Å². The van der Waals surface area contributed by atoms with Crippen molar-refractivity contribution in [2.75, 3.05) is 18.4 Å². The summed E-state index contributed by atoms with van der Waals surface area (Å²) in [5.41, 5.74) is 1.95. The topological polar surface area (TPSA) is 101 Å². The van der Waals surface area contributed by atoms with E-state index in [4.69, 9.17) is 0 Å². The van der Waals surface area contributed by atoms with Gasteiger partial charge in [0, 0.05) is 30.9 Å². The summed E-state index contributed by atoms with van der Waals surface area (Å²) in [6, 6.07) is 13.1. The van der Waals surface area contributed by atoms with Crippen LogP contribution in [0, 0.1) is 17.0 Å². The van der Waals surface area contributed by atoms with E-state index in [0.29, 0.717) is 11.4 Å². The van der Waals surface area contributed by atoms with E-state index in [1.807, 2.05) is 6.92 Å². The molecule has 0 saturated heterocycles. The van der Waals surface area contributed by atoms with Gasteiger partial charge in [-0.25, -0.2) is 13.1 Å². The maximum Gasteiger partial charge on any atom is 0.269 e. The van der Waals surface area contributed by atoms with Crippen molar-refractivity contribution in [2.24, 2.45) is 0 Å². The number of rotatable bonds is 11. The van der Waals surface area contributed by atoms with E-state index in [9.17, 15) is 18.5 Å². The Morgan fingerprint density at radius 3 is 2.07 bits per heavy atom. The van der Waals surface area contributed by atoms with Crippen LogP contribution in [0.25, 0.3) is 0 Å². The fraction of sp³-hybridized carbons (Fsp3) is 0.368. The first kappa shape index (κ1) is 20.9. The number of non-ortho nitro benzene ring substituents is 1. The Kier molecular flexibility index (Phi) is 7.75. The van der Waals surface area contributed by atoms with Crippen molar-refractivity contribution in [1.82, 2.24) is 4.72 Å². The van der Waals surface area contributed by atoms with Gasteiger partial charge in [-0.3, -0.25) is 10.1 Å². The molecule has 7 nitrogen and oxygen atoms in total. The van der Waals surface area contributed by atoms with Gasteiger partial charge in [0.2, 0.25) is 10.0 Å². The number of nitrogens with one attached hydrogen (secondary N) is 2. The van der Waals surface area contributed by atoms with Crippen LogP contribution in [0.3, 0.4) is 0 Å². The molecule has 0 amide bonds. The van der Waals surface area contributed by atoms with Crippen molar-refractivity contribution in [3.8, 4) is 0 Å². The Bertz CT molecular complexity index is 834. The lowest BCUT2D eigenvalue weighted by atomic mass is 10.2. The maximum absolute atomic E-state index is 12.1. The monoisotopic (exact) mass is 391 g/mol. The number of nitrogens with zero attached hydrogens (tertiary/aromatic N) is 1. The van der Waals surface area contributed by atoms with Crippen molar-refractivity contribution in [3.05, 3.63) is 64.2 Å². The Hall–Kier alpha value is -2.45. The molecule has 0 aromatic heterocycles. The molecule has 0 spiro atoms. The Labute approximate surface area is 160 Å². The number of nitro groups is 1. The molecule has 146 valence electrons. The predicted octanol–water partition coefficient (Wildman–Crippen LogP) is 3.85. The molecule has 8 heteroatoms. The molecule has 0 aliphatic carbocycles. The summed E-state index contributed by atoms with van der Waals surface area (Å²) in [5, 5.41) is 13.8. The second-order valence-electron chi connectivity index (χ2n) is 6.36. The van der Waals surface area contributed by atoms with E-state index in [-0.39, 0.29) is 5.69 Å². The van der Waals surface area contributed by atoms with Crippen molar-refractivity contribution in [3.63, 3.8) is 0 Å². The summed E-state index contributed by atoms with van der Waals surface area (Å²) in [5.74, 6) is 0. The average Bonchev–Trinajstić information content (AvgIpc) is 2.64. The van der Waals surface area contributed by atoms with Crippen LogP contribution in [0.15, 0.2) is 53.4 Å². The molecule has 2 N–H and O–H groups in total. The van der Waals surface area contributed by atoms with Gasteiger partial charge in [-0.2, -0.15) is 0 Å². The van der Waals surface area contributed by atoms with Crippen LogP contribution >= 0.6 is 0 Å². The van der Waals surface area contributed by atoms with E-state index in [0.717, 1.165) is 43.5 Å². The summed E-state index contributed by atoms with van der Waals surface area (Å²) in [6.07, 6.45) is 3.63. The Morgan fingerprint density at radius 1 is 0.889 bits per heavy atom. The first-order valence-corrected chi connectivity index (χ1v) is 10.4. The Balaban J connectivity index is 1.58. The highest BCUT2D eigenvalue weighted by Gasteiger charge is 2.12. The molecule has 2 aromatic carbocycles. The highest BCUT2D eigenvalue weighted by atomic mass is 32.2. The van der Waals surface area contributed by atoms with Gasteiger partial charge in [0.05, 0.1) is 9.82 Å². The normalized spacial score (nSPS) is 11.3. The molecule has 0 aliphatic heterocycles. The average molecular weight is 391 g/mol. The Morgan fingerprint density at radius 2 is 1.48 bits per heavy atom. The summed E-state index contributed by atoms with van der Waals surface area (Å²) < 4.78 is 26.9. The summed E-state index contributed by atoms with van der Waals surface area (Å²) >= 11 is 0. The molecule has 0 saturated carbocycles. The van der Waals surface area contributed by atoms with Gasteiger partial charge in [0.1, 0.15) is 0 Å². The molecule has 2 aromatic rings. The van der Waals surface area contributed by atoms with Crippen LogP contribution < -0.4 is 10.0 Å². The number of hydrogen-bond donors (Lipinski definition) is 2. The number of anilines is 1. The van der Waals surface area contributed by atoms with E-state index in [2.05, 4.69) is 10.0 Å². The van der Waals surface area contributed by atoms with Crippen LogP contribution in [0.5, 0.6) is 0 Å². The SMILES string of the molecule is Cc1ccc(S(=O)(=O)NCCCCCCNc2ccc([N+](=O)[O-])cc2)cc1. The molecular weight excluding hydrogens is 366 g/mol. The molecular formula is C19H25N3O4S. The van der Waals surface area contributed by atoms with E-state index < -0.39 is 14.9 Å². The summed E-state index contributed by atoms with van der Waals surface area (Å²) in [6.45, 7) is 3.11. The number of nitro benzene ring substituents is 1. The molecule has 2 rings (SSSR count). The van der Waals surface area contributed by atoms with Crippen LogP contribution in [0.2, 0.25) is 0 Å². The smallest absolute Gasteiger partial charge is 0.269 e. The van der Waals surface area contributed by atoms with E-state index >= 15 is 0 Å². The molecule has 0 bridgehead atoms. The third kappa shape index (κ3) is 6.99. The second-order valence-corrected chi connectivity index (χ2v) is 8.12. The number of unbranched alkanes of at least 4 members (excludes halogenated alkanes) is 3. The van der Waals surface area contributed by atoms with Crippen LogP contribution in [-0.4, -0.2) is 26.4 Å². The summed E-state index contributed by atoms with van der Waals surface area (Å²) in [7, 11) is -3.43. The molecule has 0 fully saturated rings. The number of benzene rings is 2. The standard InChI is InChI=1S/C19H25N3O4S/c1-16-6-12-19(13-7-16)27(25,26)21-15-5-3-2-4-14-20-17-8-10-18(11-9-17)22(23)24/h6-13,20-21H,2-5,14-15H2,1H3. The minimum Gasteiger partial charge on any atom is -0.385 e. The zero-order valence-corrected chi connectivity index (χ0v) is 16.2. The number of hydrogen-bond acceptors (Lipinski definition) is 5. The van der Waals surface area contributed by atoms with Crippen LogP contribution in [0.4, 0.5) is 11.4 Å². The first-order valence-electron chi connectivity index (χ1n) is 8.93. The first-order chi connectivity index (χ1) is 12.9. The predicted molar refractivity (Wildman–Crippen MR) is 106 cm³/mol. The molecule has 0 heterocycles. The van der Waals surface area contributed by atoms with Crippen molar-refractivity contribution in [1.29, 1.82) is 0 Å². The lowest BCUT2D eigenvalue weighted by Crippen LogP contribution is -2.24. The maximum atomic E-state index is 12.1. The van der Waals surface area contributed by atoms with E-state index in [1.54, 1.807) is 36.4 Å². The molecule has 0 aliphatic rings. The van der Waals surface area contributed by atoms with Crippen molar-refractivity contribution in [2.45, 2.75) is 37.5 Å². The third-order valence-corrected chi connectivity index (χ3v) is 5.61. The fourth-order valence-corrected chi connectivity index (χ4v) is 3.62. The van der Waals surface area contributed by atoms with E-state index in [1.165, 1.54) is 12.1 Å². The van der Waals surface area contributed by atoms with Gasteiger partial charge in [-0.15, -0.1) is 0 Å². The number of sulfonamides is 1. The van der Waals surface area contributed by atoms with Gasteiger partial charge >= 0.3 is 0 Å². The quantitative estimate of drug-likeness (QED) is 0.344. The lowest BCUT2D eigenvalue weighted by molar-refractivity contribution is -0.384. The zero-order valence-electron chi connectivity index (χ0n) is 15.3. The highest BCUT2D eigenvalue weighted by molar-refractivity contribution is 7.89. The van der Waals surface area contributed by atoms with Gasteiger partial charge in [0.15, 0.2) is 0 Å². The van der Waals surface area contributed by atoms with Gasteiger partial charge in [0.25, 0.3) is 5.69 Å². The summed E-state index contributed by atoms with van der Waals surface area (Å²) in [4.78, 5) is 10.5. The van der Waals surface area contributed by atoms with Gasteiger partial charge in [-0.1, -0.05) is 30.5 Å². The van der Waals surface area contributed by atoms with Crippen molar-refractivity contribution >= 4 is 21.4 Å². The molecule has 27 heavy (non-hydrogen) atoms. The molecule has 0 atom stereocenters. The minimum atomic E-state index is -3.43. The minimum absolute atomic E-state index is 0.0774. The molecule has 0 unspecified atom stereocenters. The van der Waals surface area contributed by atoms with Crippen molar-refractivity contribution < 1.29 is 13.3 Å². The lowest BCUT2D eigenvalue weighted by Gasteiger charge is -2.08. The second kappa shape index (κ2) is 10.0.